The molecule has 4 nitrogen and oxygen atoms in total. The number of halogens is 1. The molecule has 1 heterocycles. The Balaban J connectivity index is 2.05. The zero-order valence-corrected chi connectivity index (χ0v) is 11.4. The molecule has 1 aromatic carbocycles. The summed E-state index contributed by atoms with van der Waals surface area (Å²) in [6.07, 6.45) is 1.59. The van der Waals surface area contributed by atoms with Gasteiger partial charge in [0, 0.05) is 32.5 Å². The van der Waals surface area contributed by atoms with Gasteiger partial charge in [-0.25, -0.2) is 4.39 Å². The second-order valence-electron chi connectivity index (χ2n) is 4.61. The Morgan fingerprint density at radius 1 is 1.25 bits per heavy atom. The van der Waals surface area contributed by atoms with Gasteiger partial charge in [-0.05, 0) is 29.8 Å². The SMILES string of the molecule is CN(C)C(=O)c1cc(NCc2ccc(F)cc2)ccn1. The molecular formula is C15H16FN3O. The first-order valence-corrected chi connectivity index (χ1v) is 6.22. The van der Waals surface area contributed by atoms with Gasteiger partial charge in [0.25, 0.3) is 5.91 Å². The third-order valence-electron chi connectivity index (χ3n) is 2.80. The molecule has 0 saturated carbocycles. The minimum atomic E-state index is -0.253. The highest BCUT2D eigenvalue weighted by atomic mass is 19.1. The molecule has 2 rings (SSSR count). The number of nitrogens with zero attached hydrogens (tertiary/aromatic N) is 2. The largest absolute Gasteiger partial charge is 0.381 e. The molecule has 0 fully saturated rings. The van der Waals surface area contributed by atoms with Crippen molar-refractivity contribution in [2.75, 3.05) is 19.4 Å². The lowest BCUT2D eigenvalue weighted by Gasteiger charge is -2.11. The zero-order chi connectivity index (χ0) is 14.5. The van der Waals surface area contributed by atoms with E-state index in [9.17, 15) is 9.18 Å². The molecule has 104 valence electrons. The third-order valence-corrected chi connectivity index (χ3v) is 2.80. The van der Waals surface area contributed by atoms with Crippen LogP contribution < -0.4 is 5.32 Å². The van der Waals surface area contributed by atoms with Crippen LogP contribution in [0.4, 0.5) is 10.1 Å². The summed E-state index contributed by atoms with van der Waals surface area (Å²) in [4.78, 5) is 17.3. The highest BCUT2D eigenvalue weighted by molar-refractivity contribution is 5.92. The molecule has 20 heavy (non-hydrogen) atoms. The van der Waals surface area contributed by atoms with Gasteiger partial charge >= 0.3 is 0 Å². The Labute approximate surface area is 117 Å². The number of hydrogen-bond donors (Lipinski definition) is 1. The van der Waals surface area contributed by atoms with Crippen molar-refractivity contribution in [2.24, 2.45) is 0 Å². The van der Waals surface area contributed by atoms with Gasteiger partial charge in [0.05, 0.1) is 0 Å². The normalized spacial score (nSPS) is 10.2. The molecule has 1 N–H and O–H groups in total. The fourth-order valence-corrected chi connectivity index (χ4v) is 1.69. The molecule has 0 radical (unpaired) electrons. The van der Waals surface area contributed by atoms with Crippen LogP contribution in [0.1, 0.15) is 16.1 Å². The molecule has 1 aromatic heterocycles. The number of nitrogens with one attached hydrogen (secondary N) is 1. The second kappa shape index (κ2) is 6.14. The second-order valence-corrected chi connectivity index (χ2v) is 4.61. The summed E-state index contributed by atoms with van der Waals surface area (Å²) in [5, 5.41) is 3.18. The van der Waals surface area contributed by atoms with Crippen molar-refractivity contribution in [1.29, 1.82) is 0 Å². The molecule has 0 aliphatic carbocycles. The van der Waals surface area contributed by atoms with E-state index in [-0.39, 0.29) is 11.7 Å². The van der Waals surface area contributed by atoms with E-state index in [4.69, 9.17) is 0 Å². The van der Waals surface area contributed by atoms with Crippen LogP contribution in [0.15, 0.2) is 42.6 Å². The standard InChI is InChI=1S/C15H16FN3O/c1-19(2)15(20)14-9-13(7-8-17-14)18-10-11-3-5-12(16)6-4-11/h3-9H,10H2,1-2H3,(H,17,18). The summed E-state index contributed by atoms with van der Waals surface area (Å²) in [6, 6.07) is 9.77. The molecule has 0 aliphatic heterocycles. The fraction of sp³-hybridized carbons (Fsp3) is 0.200. The van der Waals surface area contributed by atoms with E-state index in [2.05, 4.69) is 10.3 Å². The van der Waals surface area contributed by atoms with Gasteiger partial charge in [-0.15, -0.1) is 0 Å². The molecule has 0 bridgehead atoms. The lowest BCUT2D eigenvalue weighted by Crippen LogP contribution is -2.22. The van der Waals surface area contributed by atoms with Crippen molar-refractivity contribution in [3.05, 3.63) is 59.7 Å². The minimum absolute atomic E-state index is 0.143. The van der Waals surface area contributed by atoms with Gasteiger partial charge in [0.15, 0.2) is 0 Å². The predicted molar refractivity (Wildman–Crippen MR) is 76.0 cm³/mol. The Morgan fingerprint density at radius 2 is 1.95 bits per heavy atom. The van der Waals surface area contributed by atoms with Crippen LogP contribution in [0, 0.1) is 5.82 Å². The molecule has 0 aliphatic rings. The monoisotopic (exact) mass is 273 g/mol. The topological polar surface area (TPSA) is 45.2 Å². The summed E-state index contributed by atoms with van der Waals surface area (Å²) in [6.45, 7) is 0.555. The minimum Gasteiger partial charge on any atom is -0.381 e. The maximum Gasteiger partial charge on any atom is 0.272 e. The fourth-order valence-electron chi connectivity index (χ4n) is 1.69. The zero-order valence-electron chi connectivity index (χ0n) is 11.4. The van der Waals surface area contributed by atoms with Crippen molar-refractivity contribution < 1.29 is 9.18 Å². The maximum absolute atomic E-state index is 12.8. The first-order chi connectivity index (χ1) is 9.56. The number of rotatable bonds is 4. The molecule has 0 saturated heterocycles. The van der Waals surface area contributed by atoms with Crippen LogP contribution in [-0.2, 0) is 6.54 Å². The van der Waals surface area contributed by atoms with E-state index in [0.29, 0.717) is 12.2 Å². The Morgan fingerprint density at radius 3 is 2.60 bits per heavy atom. The Hall–Kier alpha value is -2.43. The third kappa shape index (κ3) is 3.54. The van der Waals surface area contributed by atoms with E-state index < -0.39 is 0 Å². The number of anilines is 1. The van der Waals surface area contributed by atoms with Crippen molar-refractivity contribution >= 4 is 11.6 Å². The highest BCUT2D eigenvalue weighted by Crippen LogP contribution is 2.11. The first-order valence-electron chi connectivity index (χ1n) is 6.22. The molecule has 0 unspecified atom stereocenters. The average Bonchev–Trinajstić information content (AvgIpc) is 2.46. The van der Waals surface area contributed by atoms with Crippen molar-refractivity contribution in [3.63, 3.8) is 0 Å². The maximum atomic E-state index is 12.8. The molecule has 0 atom stereocenters. The number of benzene rings is 1. The van der Waals surface area contributed by atoms with Crippen LogP contribution in [0.25, 0.3) is 0 Å². The first kappa shape index (κ1) is 14.0. The number of hydrogen-bond acceptors (Lipinski definition) is 3. The summed E-state index contributed by atoms with van der Waals surface area (Å²) >= 11 is 0. The molecular weight excluding hydrogens is 257 g/mol. The smallest absolute Gasteiger partial charge is 0.272 e. The quantitative estimate of drug-likeness (QED) is 0.931. The van der Waals surface area contributed by atoms with Crippen LogP contribution in [0.2, 0.25) is 0 Å². The van der Waals surface area contributed by atoms with Gasteiger partial charge in [0.1, 0.15) is 11.5 Å². The summed E-state index contributed by atoms with van der Waals surface area (Å²) in [7, 11) is 3.37. The van der Waals surface area contributed by atoms with Crippen molar-refractivity contribution in [2.45, 2.75) is 6.54 Å². The highest BCUT2D eigenvalue weighted by Gasteiger charge is 2.09. The molecule has 1 amide bonds. The number of carbonyl (C=O) groups is 1. The number of pyridine rings is 1. The average molecular weight is 273 g/mol. The van der Waals surface area contributed by atoms with Crippen LogP contribution >= 0.6 is 0 Å². The van der Waals surface area contributed by atoms with E-state index in [1.807, 2.05) is 0 Å². The Bertz CT molecular complexity index is 596. The Kier molecular flexibility index (Phi) is 4.30. The van der Waals surface area contributed by atoms with Gasteiger partial charge in [-0.3, -0.25) is 9.78 Å². The van der Waals surface area contributed by atoms with Crippen molar-refractivity contribution in [1.82, 2.24) is 9.88 Å². The number of aromatic nitrogens is 1. The van der Waals surface area contributed by atoms with E-state index in [1.165, 1.54) is 17.0 Å². The van der Waals surface area contributed by atoms with Crippen molar-refractivity contribution in [3.8, 4) is 0 Å². The summed E-state index contributed by atoms with van der Waals surface area (Å²) in [5.41, 5.74) is 2.15. The summed E-state index contributed by atoms with van der Waals surface area (Å²) < 4.78 is 12.8. The molecule has 5 heteroatoms. The van der Waals surface area contributed by atoms with Gasteiger partial charge in [0.2, 0.25) is 0 Å². The van der Waals surface area contributed by atoms with E-state index in [0.717, 1.165) is 11.3 Å². The molecule has 2 aromatic rings. The van der Waals surface area contributed by atoms with Gasteiger partial charge in [-0.1, -0.05) is 12.1 Å². The van der Waals surface area contributed by atoms with Gasteiger partial charge < -0.3 is 10.2 Å². The summed E-state index contributed by atoms with van der Waals surface area (Å²) in [5.74, 6) is -0.396. The number of carbonyl (C=O) groups excluding carboxylic acids is 1. The van der Waals surface area contributed by atoms with E-state index in [1.54, 1.807) is 44.6 Å². The van der Waals surface area contributed by atoms with Crippen LogP contribution in [0.3, 0.4) is 0 Å². The van der Waals surface area contributed by atoms with Gasteiger partial charge in [-0.2, -0.15) is 0 Å². The van der Waals surface area contributed by atoms with E-state index >= 15 is 0 Å². The lowest BCUT2D eigenvalue weighted by molar-refractivity contribution is 0.0822. The molecule has 0 spiro atoms. The van der Waals surface area contributed by atoms with Crippen LogP contribution in [-0.4, -0.2) is 29.9 Å². The lowest BCUT2D eigenvalue weighted by atomic mass is 10.2. The predicted octanol–water partition coefficient (Wildman–Crippen LogP) is 2.53. The number of amides is 1. The van der Waals surface area contributed by atoms with Crippen LogP contribution in [0.5, 0.6) is 0 Å².